The number of aryl methyl sites for hydroxylation is 1. The second-order valence-electron chi connectivity index (χ2n) is 7.14. The van der Waals surface area contributed by atoms with Crippen LogP contribution in [0, 0.1) is 6.92 Å². The number of amides is 1. The van der Waals surface area contributed by atoms with Crippen molar-refractivity contribution in [2.75, 3.05) is 26.2 Å². The van der Waals surface area contributed by atoms with Gasteiger partial charge >= 0.3 is 0 Å². The van der Waals surface area contributed by atoms with Gasteiger partial charge < -0.3 is 9.42 Å². The van der Waals surface area contributed by atoms with Gasteiger partial charge in [-0.15, -0.1) is 0 Å². The van der Waals surface area contributed by atoms with E-state index in [1.54, 1.807) is 0 Å². The summed E-state index contributed by atoms with van der Waals surface area (Å²) in [7, 11) is 0. The predicted octanol–water partition coefficient (Wildman–Crippen LogP) is 3.56. The summed E-state index contributed by atoms with van der Waals surface area (Å²) >= 11 is 0. The van der Waals surface area contributed by atoms with Crippen molar-refractivity contribution in [2.45, 2.75) is 19.9 Å². The van der Waals surface area contributed by atoms with Crippen molar-refractivity contribution >= 4 is 5.91 Å². The molecule has 0 spiro atoms. The summed E-state index contributed by atoms with van der Waals surface area (Å²) in [6, 6.07) is 17.6. The Morgan fingerprint density at radius 2 is 1.68 bits per heavy atom. The second-order valence-corrected chi connectivity index (χ2v) is 7.14. The molecule has 144 valence electrons. The first-order valence-electron chi connectivity index (χ1n) is 9.61. The first-order valence-corrected chi connectivity index (χ1v) is 9.61. The quantitative estimate of drug-likeness (QED) is 0.697. The predicted molar refractivity (Wildman–Crippen MR) is 107 cm³/mol. The van der Waals surface area contributed by atoms with Crippen LogP contribution in [0.4, 0.5) is 0 Å². The summed E-state index contributed by atoms with van der Waals surface area (Å²) in [5.74, 6) is 1.32. The maximum Gasteiger partial charge on any atom is 0.254 e. The van der Waals surface area contributed by atoms with E-state index in [-0.39, 0.29) is 11.9 Å². The molecular formula is C22H24N4O2. The first kappa shape index (κ1) is 18.4. The van der Waals surface area contributed by atoms with E-state index in [0.717, 1.165) is 29.8 Å². The summed E-state index contributed by atoms with van der Waals surface area (Å²) < 4.78 is 5.51. The lowest BCUT2D eigenvalue weighted by Gasteiger charge is -2.37. The zero-order chi connectivity index (χ0) is 19.5. The van der Waals surface area contributed by atoms with Crippen LogP contribution >= 0.6 is 0 Å². The van der Waals surface area contributed by atoms with Crippen LogP contribution in [0.25, 0.3) is 11.4 Å². The van der Waals surface area contributed by atoms with Crippen LogP contribution in [-0.4, -0.2) is 52.0 Å². The van der Waals surface area contributed by atoms with Gasteiger partial charge in [-0.3, -0.25) is 9.69 Å². The van der Waals surface area contributed by atoms with Gasteiger partial charge in [-0.25, -0.2) is 0 Å². The molecule has 4 rings (SSSR count). The Balaban J connectivity index is 1.39. The Morgan fingerprint density at radius 3 is 2.39 bits per heavy atom. The minimum absolute atomic E-state index is 0.0145. The van der Waals surface area contributed by atoms with Crippen LogP contribution in [0.3, 0.4) is 0 Å². The molecule has 1 fully saturated rings. The largest absolute Gasteiger partial charge is 0.337 e. The van der Waals surface area contributed by atoms with Gasteiger partial charge in [0.05, 0.1) is 6.04 Å². The van der Waals surface area contributed by atoms with Gasteiger partial charge in [0, 0.05) is 37.3 Å². The van der Waals surface area contributed by atoms with E-state index in [1.165, 1.54) is 0 Å². The fourth-order valence-electron chi connectivity index (χ4n) is 3.56. The zero-order valence-corrected chi connectivity index (χ0v) is 16.2. The summed E-state index contributed by atoms with van der Waals surface area (Å²) in [6.45, 7) is 6.99. The summed E-state index contributed by atoms with van der Waals surface area (Å²) in [6.07, 6.45) is 0. The summed E-state index contributed by atoms with van der Waals surface area (Å²) in [5.41, 5.74) is 2.74. The molecule has 0 saturated carbocycles. The van der Waals surface area contributed by atoms with Crippen molar-refractivity contribution in [3.05, 3.63) is 71.6 Å². The third-order valence-electron chi connectivity index (χ3n) is 5.36. The van der Waals surface area contributed by atoms with Gasteiger partial charge in [-0.1, -0.05) is 53.7 Å². The fraction of sp³-hybridized carbons (Fsp3) is 0.318. The second kappa shape index (κ2) is 7.94. The molecule has 1 saturated heterocycles. The van der Waals surface area contributed by atoms with Crippen LogP contribution in [0.2, 0.25) is 0 Å². The van der Waals surface area contributed by atoms with E-state index in [2.05, 4.69) is 22.0 Å². The highest BCUT2D eigenvalue weighted by Crippen LogP contribution is 2.24. The number of hydrogen-bond acceptors (Lipinski definition) is 5. The maximum absolute atomic E-state index is 12.8. The Morgan fingerprint density at radius 1 is 1.00 bits per heavy atom. The molecule has 1 unspecified atom stereocenters. The first-order chi connectivity index (χ1) is 13.6. The van der Waals surface area contributed by atoms with Crippen LogP contribution < -0.4 is 0 Å². The van der Waals surface area contributed by atoms with E-state index in [9.17, 15) is 4.79 Å². The number of rotatable bonds is 4. The number of carbonyl (C=O) groups excluding carboxylic acids is 1. The van der Waals surface area contributed by atoms with Crippen molar-refractivity contribution in [2.24, 2.45) is 0 Å². The van der Waals surface area contributed by atoms with E-state index in [1.807, 2.05) is 66.4 Å². The lowest BCUT2D eigenvalue weighted by molar-refractivity contribution is 0.0551. The molecule has 1 aromatic heterocycles. The molecule has 6 nitrogen and oxygen atoms in total. The maximum atomic E-state index is 12.8. The lowest BCUT2D eigenvalue weighted by atomic mass is 10.1. The number of carbonyl (C=O) groups is 1. The van der Waals surface area contributed by atoms with Crippen LogP contribution in [-0.2, 0) is 0 Å². The normalized spacial score (nSPS) is 16.1. The molecule has 0 bridgehead atoms. The Bertz CT molecular complexity index is 946. The molecule has 0 N–H and O–H groups in total. The zero-order valence-electron chi connectivity index (χ0n) is 16.2. The van der Waals surface area contributed by atoms with Gasteiger partial charge in [0.1, 0.15) is 0 Å². The van der Waals surface area contributed by atoms with Gasteiger partial charge in [-0.05, 0) is 25.5 Å². The highest BCUT2D eigenvalue weighted by Gasteiger charge is 2.28. The molecule has 0 aliphatic carbocycles. The van der Waals surface area contributed by atoms with Gasteiger partial charge in [0.2, 0.25) is 11.7 Å². The summed E-state index contributed by atoms with van der Waals surface area (Å²) in [5, 5.41) is 4.12. The van der Waals surface area contributed by atoms with Crippen molar-refractivity contribution in [1.29, 1.82) is 0 Å². The van der Waals surface area contributed by atoms with E-state index in [4.69, 9.17) is 4.52 Å². The number of piperazine rings is 1. The number of benzene rings is 2. The van der Waals surface area contributed by atoms with E-state index < -0.39 is 0 Å². The minimum atomic E-state index is 0.0145. The van der Waals surface area contributed by atoms with Gasteiger partial charge in [0.25, 0.3) is 5.91 Å². The molecule has 2 aromatic carbocycles. The topological polar surface area (TPSA) is 62.5 Å². The van der Waals surface area contributed by atoms with Crippen LogP contribution in [0.5, 0.6) is 0 Å². The van der Waals surface area contributed by atoms with Gasteiger partial charge in [0.15, 0.2) is 0 Å². The van der Waals surface area contributed by atoms with Gasteiger partial charge in [-0.2, -0.15) is 4.98 Å². The molecule has 1 aliphatic heterocycles. The number of hydrogen-bond donors (Lipinski definition) is 0. The highest BCUT2D eigenvalue weighted by molar-refractivity contribution is 5.95. The molecule has 1 aliphatic rings. The Hall–Kier alpha value is -2.99. The lowest BCUT2D eigenvalue weighted by Crippen LogP contribution is -2.49. The third kappa shape index (κ3) is 3.68. The van der Waals surface area contributed by atoms with Crippen molar-refractivity contribution in [1.82, 2.24) is 19.9 Å². The molecular weight excluding hydrogens is 352 g/mol. The summed E-state index contributed by atoms with van der Waals surface area (Å²) in [4.78, 5) is 21.6. The highest BCUT2D eigenvalue weighted by atomic mass is 16.5. The van der Waals surface area contributed by atoms with Crippen molar-refractivity contribution in [3.8, 4) is 11.4 Å². The number of aromatic nitrogens is 2. The van der Waals surface area contributed by atoms with Crippen molar-refractivity contribution < 1.29 is 9.32 Å². The minimum Gasteiger partial charge on any atom is -0.337 e. The van der Waals surface area contributed by atoms with E-state index >= 15 is 0 Å². The smallest absolute Gasteiger partial charge is 0.254 e. The molecule has 1 atom stereocenters. The molecule has 0 radical (unpaired) electrons. The fourth-order valence-corrected chi connectivity index (χ4v) is 3.56. The molecule has 2 heterocycles. The van der Waals surface area contributed by atoms with Crippen LogP contribution in [0.1, 0.15) is 34.8 Å². The average Bonchev–Trinajstić information content (AvgIpc) is 3.24. The SMILES string of the molecule is Cc1ccccc1C(=O)N1CCN(C(C)c2nc(-c3ccccc3)no2)CC1. The molecule has 6 heteroatoms. The Labute approximate surface area is 164 Å². The van der Waals surface area contributed by atoms with Crippen LogP contribution in [0.15, 0.2) is 59.1 Å². The van der Waals surface area contributed by atoms with E-state index in [0.29, 0.717) is 24.8 Å². The molecule has 1 amide bonds. The Kier molecular flexibility index (Phi) is 5.21. The third-order valence-corrected chi connectivity index (χ3v) is 5.36. The standard InChI is InChI=1S/C22H24N4O2/c1-16-8-6-7-11-19(16)22(27)26-14-12-25(13-15-26)17(2)21-23-20(24-28-21)18-9-4-3-5-10-18/h3-11,17H,12-15H2,1-2H3. The molecule has 3 aromatic rings. The number of nitrogens with zero attached hydrogens (tertiary/aromatic N) is 4. The molecule has 28 heavy (non-hydrogen) atoms. The monoisotopic (exact) mass is 376 g/mol. The van der Waals surface area contributed by atoms with Crippen molar-refractivity contribution in [3.63, 3.8) is 0 Å². The average molecular weight is 376 g/mol.